The molecule has 0 atom stereocenters. The average molecular weight is 444 g/mol. The van der Waals surface area contributed by atoms with Crippen LogP contribution < -0.4 is 5.32 Å². The van der Waals surface area contributed by atoms with E-state index in [-0.39, 0.29) is 35.5 Å². The third kappa shape index (κ3) is 4.33. The molecule has 9 heteroatoms. The molecule has 1 N–H and O–H groups in total. The molecule has 0 spiro atoms. The second-order valence-electron chi connectivity index (χ2n) is 8.21. The van der Waals surface area contributed by atoms with Crippen LogP contribution in [0.3, 0.4) is 0 Å². The molecule has 1 aliphatic carbocycles. The first-order valence-electron chi connectivity index (χ1n) is 10.4. The fraction of sp³-hybridized carbons (Fsp3) is 0.409. The predicted molar refractivity (Wildman–Crippen MR) is 116 cm³/mol. The molecule has 4 rings (SSSR count). The third-order valence-corrected chi connectivity index (χ3v) is 8.23. The maximum absolute atomic E-state index is 13.1. The number of benzene rings is 2. The molecule has 0 bridgehead atoms. The topological polar surface area (TPSA) is 110 Å². The number of nitro groups is 1. The number of nitro benzene ring substituents is 1. The Hall–Kier alpha value is -2.78. The first kappa shape index (κ1) is 21.5. The van der Waals surface area contributed by atoms with Crippen LogP contribution in [-0.2, 0) is 27.7 Å². The zero-order valence-corrected chi connectivity index (χ0v) is 18.2. The van der Waals surface area contributed by atoms with E-state index in [0.29, 0.717) is 18.4 Å². The predicted octanol–water partition coefficient (Wildman–Crippen LogP) is 3.43. The number of hydrogen-bond acceptors (Lipinski definition) is 5. The summed E-state index contributed by atoms with van der Waals surface area (Å²) in [4.78, 5) is 23.1. The lowest BCUT2D eigenvalue weighted by Gasteiger charge is -2.31. The summed E-state index contributed by atoms with van der Waals surface area (Å²) in [5.74, 6) is -0.368. The lowest BCUT2D eigenvalue weighted by Crippen LogP contribution is -2.41. The Labute approximate surface area is 181 Å². The molecule has 2 aromatic rings. The molecule has 2 aromatic carbocycles. The molecule has 1 fully saturated rings. The van der Waals surface area contributed by atoms with Gasteiger partial charge in [0.15, 0.2) is 0 Å². The minimum absolute atomic E-state index is 0.0530. The van der Waals surface area contributed by atoms with Crippen molar-refractivity contribution in [3.63, 3.8) is 0 Å². The van der Waals surface area contributed by atoms with Crippen molar-refractivity contribution >= 4 is 27.3 Å². The molecule has 31 heavy (non-hydrogen) atoms. The van der Waals surface area contributed by atoms with Crippen LogP contribution in [0.15, 0.2) is 41.3 Å². The lowest BCUT2D eigenvalue weighted by atomic mass is 9.97. The van der Waals surface area contributed by atoms with E-state index in [1.54, 1.807) is 6.92 Å². The number of carbonyl (C=O) groups is 1. The molecule has 1 aliphatic heterocycles. The number of hydrogen-bond donors (Lipinski definition) is 1. The van der Waals surface area contributed by atoms with E-state index in [1.807, 2.05) is 12.1 Å². The van der Waals surface area contributed by atoms with Gasteiger partial charge in [-0.3, -0.25) is 14.9 Å². The third-order valence-electron chi connectivity index (χ3n) is 6.19. The van der Waals surface area contributed by atoms with Gasteiger partial charge in [-0.15, -0.1) is 0 Å². The van der Waals surface area contributed by atoms with Crippen LogP contribution in [0.5, 0.6) is 0 Å². The van der Waals surface area contributed by atoms with Gasteiger partial charge >= 0.3 is 0 Å². The molecule has 1 heterocycles. The summed E-state index contributed by atoms with van der Waals surface area (Å²) >= 11 is 0. The van der Waals surface area contributed by atoms with Crippen molar-refractivity contribution in [2.45, 2.75) is 43.9 Å². The van der Waals surface area contributed by atoms with E-state index in [0.717, 1.165) is 31.0 Å². The molecule has 2 aliphatic rings. The van der Waals surface area contributed by atoms with Gasteiger partial charge in [0.05, 0.1) is 9.82 Å². The van der Waals surface area contributed by atoms with Crippen LogP contribution in [-0.4, -0.2) is 36.6 Å². The van der Waals surface area contributed by atoms with E-state index in [9.17, 15) is 23.3 Å². The van der Waals surface area contributed by atoms with Gasteiger partial charge in [-0.1, -0.05) is 12.1 Å². The van der Waals surface area contributed by atoms with Crippen LogP contribution in [0, 0.1) is 23.0 Å². The van der Waals surface area contributed by atoms with Crippen LogP contribution in [0.4, 0.5) is 11.4 Å². The first-order chi connectivity index (χ1) is 14.8. The summed E-state index contributed by atoms with van der Waals surface area (Å²) in [7, 11) is -3.87. The average Bonchev–Trinajstić information content (AvgIpc) is 3.21. The summed E-state index contributed by atoms with van der Waals surface area (Å²) in [5, 5.41) is 14.0. The zero-order chi connectivity index (χ0) is 22.2. The zero-order valence-electron chi connectivity index (χ0n) is 17.3. The minimum Gasteiger partial charge on any atom is -0.326 e. The highest BCUT2D eigenvalue weighted by molar-refractivity contribution is 7.89. The van der Waals surface area contributed by atoms with Gasteiger partial charge in [0.25, 0.3) is 5.69 Å². The largest absolute Gasteiger partial charge is 0.326 e. The molecule has 1 saturated heterocycles. The molecule has 0 aromatic heterocycles. The molecule has 0 radical (unpaired) electrons. The quantitative estimate of drug-likeness (QED) is 0.562. The van der Waals surface area contributed by atoms with E-state index < -0.39 is 14.9 Å². The Kier molecular flexibility index (Phi) is 5.81. The number of sulfonamides is 1. The number of aryl methyl sites for hydroxylation is 3. The van der Waals surface area contributed by atoms with E-state index in [4.69, 9.17) is 0 Å². The van der Waals surface area contributed by atoms with Crippen molar-refractivity contribution in [2.24, 2.45) is 5.92 Å². The Balaban J connectivity index is 1.41. The number of nitrogens with one attached hydrogen (secondary N) is 1. The van der Waals surface area contributed by atoms with Gasteiger partial charge in [-0.2, -0.15) is 4.31 Å². The molecule has 0 unspecified atom stereocenters. The van der Waals surface area contributed by atoms with Crippen LogP contribution in [0.1, 0.15) is 36.0 Å². The second kappa shape index (κ2) is 8.39. The van der Waals surface area contributed by atoms with Crippen molar-refractivity contribution in [3.8, 4) is 0 Å². The minimum atomic E-state index is -3.87. The van der Waals surface area contributed by atoms with Crippen LogP contribution >= 0.6 is 0 Å². The highest BCUT2D eigenvalue weighted by Crippen LogP contribution is 2.29. The maximum Gasteiger partial charge on any atom is 0.270 e. The number of non-ortho nitro benzene ring substituents is 1. The fourth-order valence-corrected chi connectivity index (χ4v) is 6.09. The number of anilines is 1. The first-order valence-corrected chi connectivity index (χ1v) is 11.9. The van der Waals surface area contributed by atoms with E-state index in [2.05, 4.69) is 11.4 Å². The number of nitrogens with zero attached hydrogens (tertiary/aromatic N) is 2. The molecule has 164 valence electrons. The molecule has 1 amide bonds. The van der Waals surface area contributed by atoms with E-state index in [1.165, 1.54) is 27.6 Å². The molecule has 8 nitrogen and oxygen atoms in total. The molecular formula is C22H25N3O5S. The van der Waals surface area contributed by atoms with E-state index >= 15 is 0 Å². The van der Waals surface area contributed by atoms with Gasteiger partial charge < -0.3 is 5.32 Å². The molecular weight excluding hydrogens is 418 g/mol. The van der Waals surface area contributed by atoms with Crippen molar-refractivity contribution in [1.29, 1.82) is 0 Å². The van der Waals surface area contributed by atoms with Crippen molar-refractivity contribution < 1.29 is 18.1 Å². The van der Waals surface area contributed by atoms with Crippen molar-refractivity contribution in [3.05, 3.63) is 63.2 Å². The Morgan fingerprint density at radius 3 is 2.52 bits per heavy atom. The smallest absolute Gasteiger partial charge is 0.270 e. The van der Waals surface area contributed by atoms with Crippen LogP contribution in [0.2, 0.25) is 0 Å². The maximum atomic E-state index is 13.1. The highest BCUT2D eigenvalue weighted by Gasteiger charge is 2.33. The SMILES string of the molecule is Cc1ccc([N+](=O)[O-])cc1S(=O)(=O)N1CCC(C(=O)Nc2ccc3c(c2)CCC3)CC1. The van der Waals surface area contributed by atoms with Gasteiger partial charge in [-0.05, 0) is 67.9 Å². The number of carbonyl (C=O) groups excluding carboxylic acids is 1. The standard InChI is InChI=1S/C22H25N3O5S/c1-15-5-8-20(25(27)28)14-21(15)31(29,30)24-11-9-17(10-12-24)22(26)23-19-7-6-16-3-2-4-18(16)13-19/h5-8,13-14,17H,2-4,9-12H2,1H3,(H,23,26). The normalized spacial score (nSPS) is 17.3. The number of piperidine rings is 1. The summed E-state index contributed by atoms with van der Waals surface area (Å²) in [6.07, 6.45) is 4.07. The monoisotopic (exact) mass is 443 g/mol. The summed E-state index contributed by atoms with van der Waals surface area (Å²) < 4.78 is 27.4. The van der Waals surface area contributed by atoms with Crippen molar-refractivity contribution in [2.75, 3.05) is 18.4 Å². The second-order valence-corrected chi connectivity index (χ2v) is 10.1. The summed E-state index contributed by atoms with van der Waals surface area (Å²) in [5.41, 5.74) is 3.61. The fourth-order valence-electron chi connectivity index (χ4n) is 4.37. The Morgan fingerprint density at radius 2 is 1.81 bits per heavy atom. The molecule has 0 saturated carbocycles. The van der Waals surface area contributed by atoms with Gasteiger partial charge in [-0.25, -0.2) is 8.42 Å². The van der Waals surface area contributed by atoms with Crippen molar-refractivity contribution in [1.82, 2.24) is 4.31 Å². The number of rotatable bonds is 5. The van der Waals surface area contributed by atoms with Gasteiger partial charge in [0.1, 0.15) is 0 Å². The highest BCUT2D eigenvalue weighted by atomic mass is 32.2. The Bertz CT molecular complexity index is 1140. The number of fused-ring (bicyclic) bond motifs is 1. The number of amides is 1. The van der Waals surface area contributed by atoms with Crippen LogP contribution in [0.25, 0.3) is 0 Å². The summed E-state index contributed by atoms with van der Waals surface area (Å²) in [6.45, 7) is 2.02. The van der Waals surface area contributed by atoms with Gasteiger partial charge in [0.2, 0.25) is 15.9 Å². The lowest BCUT2D eigenvalue weighted by molar-refractivity contribution is -0.385. The van der Waals surface area contributed by atoms with Gasteiger partial charge in [0, 0.05) is 36.8 Å². The Morgan fingerprint density at radius 1 is 1.10 bits per heavy atom. The summed E-state index contributed by atoms with van der Waals surface area (Å²) in [6, 6.07) is 9.87.